The summed E-state index contributed by atoms with van der Waals surface area (Å²) in [6.45, 7) is 11.8. The Morgan fingerprint density at radius 2 is 1.67 bits per heavy atom. The molecule has 2 aromatic carbocycles. The van der Waals surface area contributed by atoms with Gasteiger partial charge in [0.1, 0.15) is 0 Å². The largest absolute Gasteiger partial charge is 0.309 e. The Morgan fingerprint density at radius 1 is 1.06 bits per heavy atom. The van der Waals surface area contributed by atoms with Crippen LogP contribution >= 0.6 is 0 Å². The molecular weight excluding hydrogens is 406 g/mol. The summed E-state index contributed by atoms with van der Waals surface area (Å²) in [5, 5.41) is 8.63. The van der Waals surface area contributed by atoms with E-state index in [1.807, 2.05) is 69.3 Å². The van der Waals surface area contributed by atoms with Crippen molar-refractivity contribution in [2.45, 2.75) is 85.5 Å². The Kier molecular flexibility index (Phi) is 9.76. The molecule has 33 heavy (non-hydrogen) atoms. The van der Waals surface area contributed by atoms with Gasteiger partial charge in [0, 0.05) is 17.7 Å². The predicted octanol–water partition coefficient (Wildman–Crippen LogP) is 7.53. The van der Waals surface area contributed by atoms with Gasteiger partial charge in [-0.25, -0.2) is 0 Å². The average molecular weight is 448 g/mol. The zero-order valence-corrected chi connectivity index (χ0v) is 21.3. The molecule has 2 aliphatic rings. The van der Waals surface area contributed by atoms with Gasteiger partial charge in [-0.05, 0) is 55.4 Å². The molecule has 0 spiro atoms. The molecule has 178 valence electrons. The maximum absolute atomic E-state index is 13.7. The first kappa shape index (κ1) is 26.7. The van der Waals surface area contributed by atoms with E-state index in [4.69, 9.17) is 5.41 Å². The van der Waals surface area contributed by atoms with Crippen LogP contribution in [-0.2, 0) is 16.6 Å². The molecule has 3 nitrogen and oxygen atoms in total. The highest BCUT2D eigenvalue weighted by atomic mass is 16.1. The summed E-state index contributed by atoms with van der Waals surface area (Å²) in [7, 11) is 0. The molecule has 4 rings (SSSR count). The topological polar surface area (TPSA) is 58.0 Å². The second-order valence-electron chi connectivity index (χ2n) is 9.64. The molecule has 2 atom stereocenters. The van der Waals surface area contributed by atoms with Gasteiger partial charge >= 0.3 is 0 Å². The van der Waals surface area contributed by atoms with E-state index in [2.05, 4.69) is 13.8 Å². The summed E-state index contributed by atoms with van der Waals surface area (Å²) in [5.74, 6) is 0.133. The maximum atomic E-state index is 13.7. The number of hydrogen-bond acceptors (Lipinski definition) is 3. The molecule has 0 heterocycles. The minimum atomic E-state index is -0.606. The lowest BCUT2D eigenvalue weighted by Gasteiger charge is -2.30. The Labute approximate surface area is 200 Å². The molecule has 0 aliphatic heterocycles. The van der Waals surface area contributed by atoms with E-state index < -0.39 is 11.3 Å². The van der Waals surface area contributed by atoms with Gasteiger partial charge < -0.3 is 5.41 Å². The first-order chi connectivity index (χ1) is 15.7. The maximum Gasteiger partial charge on any atom is 0.160 e. The summed E-state index contributed by atoms with van der Waals surface area (Å²) in [6.07, 6.45) is 6.23. The van der Waals surface area contributed by atoms with E-state index in [1.165, 1.54) is 19.3 Å². The van der Waals surface area contributed by atoms with Crippen LogP contribution in [0.25, 0.3) is 0 Å². The van der Waals surface area contributed by atoms with E-state index in [0.717, 1.165) is 23.1 Å². The lowest BCUT2D eigenvalue weighted by molar-refractivity contribution is -0.125. The molecule has 2 fully saturated rings. The van der Waals surface area contributed by atoms with Gasteiger partial charge in [0.25, 0.3) is 0 Å². The normalized spacial score (nSPS) is 21.1. The summed E-state index contributed by atoms with van der Waals surface area (Å²) in [4.78, 5) is 25.5. The summed E-state index contributed by atoms with van der Waals surface area (Å²) in [5.41, 5.74) is 3.53. The van der Waals surface area contributed by atoms with Crippen molar-refractivity contribution in [3.05, 3.63) is 70.8 Å². The number of Topliss-reactive ketones (excluding diaryl/α,β-unsaturated/α-hetero) is 2. The highest BCUT2D eigenvalue weighted by Crippen LogP contribution is 2.45. The van der Waals surface area contributed by atoms with Gasteiger partial charge in [-0.15, -0.1) is 0 Å². The van der Waals surface area contributed by atoms with Gasteiger partial charge in [0.15, 0.2) is 11.6 Å². The van der Waals surface area contributed by atoms with Gasteiger partial charge in [-0.2, -0.15) is 0 Å². The van der Waals surface area contributed by atoms with Crippen molar-refractivity contribution in [2.75, 3.05) is 0 Å². The number of aryl methyl sites for hydroxylation is 1. The number of nitrogens with one attached hydrogen (secondary N) is 1. The summed E-state index contributed by atoms with van der Waals surface area (Å²) >= 11 is 0. The predicted molar refractivity (Wildman–Crippen MR) is 139 cm³/mol. The van der Waals surface area contributed by atoms with Crippen LogP contribution in [0, 0.1) is 24.2 Å². The van der Waals surface area contributed by atoms with Crippen LogP contribution in [0.15, 0.2) is 48.5 Å². The molecule has 1 N–H and O–H groups in total. The SMILES string of the molecule is C1CC1.CC.CC(=O)c1cc(CC2C(=N)CC(CC(C)C)(c3ccccc3)C2=O)ccc1C. The highest BCUT2D eigenvalue weighted by Gasteiger charge is 2.51. The molecule has 2 saturated carbocycles. The zero-order valence-electron chi connectivity index (χ0n) is 21.3. The third-order valence-corrected chi connectivity index (χ3v) is 6.26. The fraction of sp³-hybridized carbons (Fsp3) is 0.500. The van der Waals surface area contributed by atoms with Crippen molar-refractivity contribution < 1.29 is 9.59 Å². The third kappa shape index (κ3) is 6.72. The number of carbonyl (C=O) groups is 2. The lowest BCUT2D eigenvalue weighted by atomic mass is 9.71. The van der Waals surface area contributed by atoms with Crippen LogP contribution in [0.5, 0.6) is 0 Å². The van der Waals surface area contributed by atoms with Crippen molar-refractivity contribution in [1.29, 1.82) is 5.41 Å². The first-order valence-corrected chi connectivity index (χ1v) is 12.5. The molecule has 0 aromatic heterocycles. The van der Waals surface area contributed by atoms with E-state index in [0.29, 0.717) is 30.0 Å². The zero-order chi connectivity index (χ0) is 24.6. The molecule has 2 unspecified atom stereocenters. The Hall–Kier alpha value is -2.55. The van der Waals surface area contributed by atoms with Gasteiger partial charge in [0.05, 0.1) is 11.3 Å². The van der Waals surface area contributed by atoms with Crippen LogP contribution in [0.2, 0.25) is 0 Å². The second kappa shape index (κ2) is 12.1. The van der Waals surface area contributed by atoms with Gasteiger partial charge in [0.2, 0.25) is 0 Å². The van der Waals surface area contributed by atoms with Gasteiger partial charge in [-0.3, -0.25) is 9.59 Å². The van der Waals surface area contributed by atoms with E-state index in [1.54, 1.807) is 6.92 Å². The van der Waals surface area contributed by atoms with Crippen molar-refractivity contribution in [2.24, 2.45) is 11.8 Å². The van der Waals surface area contributed by atoms with Gasteiger partial charge in [-0.1, -0.05) is 89.4 Å². The number of hydrogen-bond donors (Lipinski definition) is 1. The highest BCUT2D eigenvalue weighted by molar-refractivity contribution is 6.16. The Balaban J connectivity index is 0.000000695. The number of carbonyl (C=O) groups excluding carboxylic acids is 2. The standard InChI is InChI=1S/C25H29NO2.C3H6.C2H6/c1-16(2)14-25(20-8-6-5-7-9-20)15-23(26)22(24(25)28)13-19-11-10-17(3)21(12-19)18(4)27;1-2-3-1;1-2/h5-12,16,22,26H,13-15H2,1-4H3;1-3H2;1-2H3. The second-order valence-corrected chi connectivity index (χ2v) is 9.64. The van der Waals surface area contributed by atoms with E-state index in [9.17, 15) is 9.59 Å². The van der Waals surface area contributed by atoms with Crippen molar-refractivity contribution in [3.63, 3.8) is 0 Å². The third-order valence-electron chi connectivity index (χ3n) is 6.26. The van der Waals surface area contributed by atoms with Crippen molar-refractivity contribution >= 4 is 17.3 Å². The molecule has 2 aliphatic carbocycles. The molecule has 3 heteroatoms. The number of benzene rings is 2. The van der Waals surface area contributed by atoms with Crippen molar-refractivity contribution in [1.82, 2.24) is 0 Å². The monoisotopic (exact) mass is 447 g/mol. The van der Waals surface area contributed by atoms with Crippen LogP contribution in [0.1, 0.15) is 93.8 Å². The smallest absolute Gasteiger partial charge is 0.160 e. The van der Waals surface area contributed by atoms with Crippen LogP contribution < -0.4 is 0 Å². The fourth-order valence-electron chi connectivity index (χ4n) is 4.64. The number of ketones is 2. The quantitative estimate of drug-likeness (QED) is 0.465. The molecule has 0 radical (unpaired) electrons. The number of rotatable bonds is 6. The molecule has 2 aromatic rings. The van der Waals surface area contributed by atoms with Crippen molar-refractivity contribution in [3.8, 4) is 0 Å². The minimum Gasteiger partial charge on any atom is -0.309 e. The molecule has 0 amide bonds. The minimum absolute atomic E-state index is 0.0330. The van der Waals surface area contributed by atoms with E-state index in [-0.39, 0.29) is 11.6 Å². The van der Waals surface area contributed by atoms with Crippen LogP contribution in [0.3, 0.4) is 0 Å². The fourth-order valence-corrected chi connectivity index (χ4v) is 4.64. The molecule has 0 saturated heterocycles. The Bertz CT molecular complexity index is 956. The summed E-state index contributed by atoms with van der Waals surface area (Å²) < 4.78 is 0. The van der Waals surface area contributed by atoms with Crippen LogP contribution in [-0.4, -0.2) is 17.3 Å². The molecular formula is C30H41NO2. The average Bonchev–Trinajstić information content (AvgIpc) is 3.66. The first-order valence-electron chi connectivity index (χ1n) is 12.5. The summed E-state index contributed by atoms with van der Waals surface area (Å²) in [6, 6.07) is 15.8. The lowest BCUT2D eigenvalue weighted by Crippen LogP contribution is -2.35. The van der Waals surface area contributed by atoms with E-state index >= 15 is 0 Å². The van der Waals surface area contributed by atoms with Crippen LogP contribution in [0.4, 0.5) is 0 Å². The molecule has 0 bridgehead atoms. The Morgan fingerprint density at radius 3 is 2.18 bits per heavy atom.